The van der Waals surface area contributed by atoms with Gasteiger partial charge in [0.05, 0.1) is 100 Å². The van der Waals surface area contributed by atoms with Crippen molar-refractivity contribution in [1.29, 1.82) is 0 Å². The maximum absolute atomic E-state index is 13.8. The fourth-order valence-electron chi connectivity index (χ4n) is 19.2. The fraction of sp³-hybridized carbons (Fsp3) is 0.447. The van der Waals surface area contributed by atoms with Crippen molar-refractivity contribution in [3.05, 3.63) is 164 Å². The minimum Gasteiger partial charge on any atom is -0.453 e. The number of benzene rings is 4. The molecule has 28 heteroatoms. The second kappa shape index (κ2) is 35.8. The number of carbonyl (C=O) groups is 8. The maximum Gasteiger partial charge on any atom is 0.407 e. The van der Waals surface area contributed by atoms with E-state index in [2.05, 4.69) is 140 Å². The highest BCUT2D eigenvalue weighted by Gasteiger charge is 2.43. The van der Waals surface area contributed by atoms with E-state index in [0.717, 1.165) is 151 Å². The number of fused-ring (bicyclic) bond motifs is 4. The molecular formula is C94H112N16O12. The predicted molar refractivity (Wildman–Crippen MR) is 466 cm³/mol. The van der Waals surface area contributed by atoms with E-state index < -0.39 is 48.5 Å². The number of imidazole rings is 4. The summed E-state index contributed by atoms with van der Waals surface area (Å²) >= 11 is 0. The van der Waals surface area contributed by atoms with E-state index >= 15 is 0 Å². The third-order valence-electron chi connectivity index (χ3n) is 25.4. The van der Waals surface area contributed by atoms with Gasteiger partial charge in [-0.05, 0) is 181 Å². The highest BCUT2D eigenvalue weighted by Crippen LogP contribution is 2.48. The standard InChI is InChI=1S/C48H58N8O6.C46H54N8O6/c1-25(2)41(53-47(59)61-7)45(57)55-17-9-11-39(55)43-49-23-37(51-43)31-15-13-29(33-19-27(5)21-35(31)33)30-14-16-32(36-22-28(6)20-34(30)36)38-24-50-44(52-38)40-12-10-18-56(40)46(58)42(26(3)4)54-48(60)62-8;1-25(2)39(51-45(57)59-5)43(55)53-21-9-15-37(53)41-47-23-35(49-41)33-19-17-31(27-11-7-13-29(27)33)32-18-20-34(30-14-8-12-28(30)32)36-24-48-42(50-36)38-16-10-22-54(38)44(56)40(26(3)4)52-46(58)60-6/h13-16,19,22-26,39-42H,9-12,17-18,20-21H2,1-8H3,(H,49,51)(H,50,52)(H,53,59)(H,54,60);7-8,11,14,17-20,23-26,37-40H,9-10,12-13,15-16,21-22H2,1-6H3,(H,47,49)(H,48,50)(H,51,57)(H,52,58)/t39-,40-,41-,42-;37-,38-,39-,40-/m00/s1. The highest BCUT2D eigenvalue weighted by atomic mass is 16.5. The zero-order valence-electron chi connectivity index (χ0n) is 72.1. The topological polar surface area (TPSA) is 349 Å². The van der Waals surface area contributed by atoms with Crippen LogP contribution >= 0.6 is 0 Å². The number of alkyl carbamates (subject to hydrolysis) is 4. The molecule has 4 aliphatic carbocycles. The van der Waals surface area contributed by atoms with Crippen molar-refractivity contribution in [2.24, 2.45) is 23.7 Å². The van der Waals surface area contributed by atoms with E-state index in [9.17, 15) is 38.4 Å². The molecule has 4 aliphatic heterocycles. The summed E-state index contributed by atoms with van der Waals surface area (Å²) in [5.74, 6) is 1.96. The molecule has 0 radical (unpaired) electrons. The highest BCUT2D eigenvalue weighted by molar-refractivity contribution is 5.95. The maximum atomic E-state index is 13.8. The molecule has 8 aliphatic rings. The molecule has 4 aromatic carbocycles. The summed E-state index contributed by atoms with van der Waals surface area (Å²) in [6.45, 7) is 22.0. The molecule has 8 amide bonds. The summed E-state index contributed by atoms with van der Waals surface area (Å²) in [5.41, 5.74) is 24.9. The molecule has 122 heavy (non-hydrogen) atoms. The number of allylic oxidation sites excluding steroid dienone is 4. The van der Waals surface area contributed by atoms with Gasteiger partial charge >= 0.3 is 24.4 Å². The Hall–Kier alpha value is -12.4. The third-order valence-corrected chi connectivity index (χ3v) is 25.4. The second-order valence-corrected chi connectivity index (χ2v) is 34.7. The van der Waals surface area contributed by atoms with E-state index in [0.29, 0.717) is 26.2 Å². The molecule has 0 unspecified atom stereocenters. The molecule has 0 bridgehead atoms. The lowest BCUT2D eigenvalue weighted by molar-refractivity contribution is -0.136. The van der Waals surface area contributed by atoms with Crippen LogP contribution in [-0.2, 0) is 63.8 Å². The van der Waals surface area contributed by atoms with E-state index in [-0.39, 0.29) is 71.5 Å². The Bertz CT molecular complexity index is 5520. The summed E-state index contributed by atoms with van der Waals surface area (Å²) in [6.07, 6.45) is 28.1. The van der Waals surface area contributed by atoms with Crippen molar-refractivity contribution in [1.82, 2.24) is 80.7 Å². The predicted octanol–water partition coefficient (Wildman–Crippen LogP) is 15.5. The minimum atomic E-state index is -0.700. The van der Waals surface area contributed by atoms with E-state index in [1.807, 2.05) is 99.8 Å². The Morgan fingerprint density at radius 1 is 0.352 bits per heavy atom. The number of carbonyl (C=O) groups excluding carboxylic acids is 8. The van der Waals surface area contributed by atoms with Crippen LogP contribution in [0.4, 0.5) is 19.2 Å². The van der Waals surface area contributed by atoms with E-state index in [4.69, 9.17) is 38.9 Å². The first-order valence-electron chi connectivity index (χ1n) is 42.9. The number of hydrogen-bond donors (Lipinski definition) is 8. The van der Waals surface area contributed by atoms with Gasteiger partial charge in [-0.1, -0.05) is 152 Å². The van der Waals surface area contributed by atoms with Crippen molar-refractivity contribution in [2.45, 2.75) is 195 Å². The minimum absolute atomic E-state index is 0.111. The van der Waals surface area contributed by atoms with Gasteiger partial charge < -0.3 is 79.8 Å². The molecule has 0 saturated carbocycles. The average molecular weight is 1660 g/mol. The van der Waals surface area contributed by atoms with Crippen LogP contribution in [0.1, 0.15) is 213 Å². The number of hydrogen-bond acceptors (Lipinski definition) is 16. The molecule has 0 spiro atoms. The quantitative estimate of drug-likeness (QED) is 0.0292. The van der Waals surface area contributed by atoms with Gasteiger partial charge in [0, 0.05) is 48.4 Å². The summed E-state index contributed by atoms with van der Waals surface area (Å²) < 4.78 is 19.2. The van der Waals surface area contributed by atoms with Crippen LogP contribution in [0.2, 0.25) is 0 Å². The number of aromatic nitrogens is 8. The summed E-state index contributed by atoms with van der Waals surface area (Å²) in [5, 5.41) is 10.9. The zero-order chi connectivity index (χ0) is 86.2. The van der Waals surface area contributed by atoms with Crippen LogP contribution in [0.3, 0.4) is 0 Å². The lowest BCUT2D eigenvalue weighted by Crippen LogP contribution is -2.51. The van der Waals surface area contributed by atoms with Crippen LogP contribution in [0.25, 0.3) is 91.6 Å². The first kappa shape index (κ1) is 84.7. The van der Waals surface area contributed by atoms with Gasteiger partial charge in [0.25, 0.3) is 0 Å². The Morgan fingerprint density at radius 3 is 0.943 bits per heavy atom. The number of methoxy groups -OCH3 is 4. The van der Waals surface area contributed by atoms with Gasteiger partial charge in [-0.25, -0.2) is 39.1 Å². The van der Waals surface area contributed by atoms with E-state index in [1.165, 1.54) is 101 Å². The largest absolute Gasteiger partial charge is 0.453 e. The number of nitrogens with zero attached hydrogens (tertiary/aromatic N) is 8. The van der Waals surface area contributed by atoms with Crippen molar-refractivity contribution < 1.29 is 57.3 Å². The zero-order valence-corrected chi connectivity index (χ0v) is 72.1. The molecule has 4 fully saturated rings. The lowest BCUT2D eigenvalue weighted by atomic mass is 9.87. The van der Waals surface area contributed by atoms with Crippen LogP contribution in [0, 0.1) is 23.7 Å². The Labute approximate surface area is 711 Å². The van der Waals surface area contributed by atoms with Gasteiger partial charge in [-0.15, -0.1) is 0 Å². The summed E-state index contributed by atoms with van der Waals surface area (Å²) in [7, 11) is 5.20. The third kappa shape index (κ3) is 16.6. The molecular weight excluding hydrogens is 1550 g/mol. The fourth-order valence-corrected chi connectivity index (χ4v) is 19.2. The number of H-pyrrole nitrogens is 4. The van der Waals surface area contributed by atoms with Crippen LogP contribution in [-0.4, -0.2) is 186 Å². The summed E-state index contributed by atoms with van der Waals surface area (Å²) in [6, 6.07) is 13.9. The van der Waals surface area contributed by atoms with Crippen molar-refractivity contribution >= 4 is 72.3 Å². The number of likely N-dealkylation sites (tertiary alicyclic amines) is 4. The lowest BCUT2D eigenvalue weighted by Gasteiger charge is -2.30. The number of nitrogens with one attached hydrogen (secondary N) is 8. The van der Waals surface area contributed by atoms with Crippen LogP contribution < -0.4 is 21.3 Å². The van der Waals surface area contributed by atoms with Gasteiger partial charge in [0.1, 0.15) is 47.5 Å². The molecule has 8 aromatic rings. The van der Waals surface area contributed by atoms with Crippen molar-refractivity contribution in [3.63, 3.8) is 0 Å². The smallest absolute Gasteiger partial charge is 0.407 e. The molecule has 4 saturated heterocycles. The number of aromatic amines is 4. The van der Waals surface area contributed by atoms with Crippen molar-refractivity contribution in [3.8, 4) is 67.3 Å². The Balaban J connectivity index is 0.000000190. The molecule has 16 rings (SSSR count). The molecule has 8 heterocycles. The van der Waals surface area contributed by atoms with Gasteiger partial charge in [0.15, 0.2) is 0 Å². The molecule has 4 aromatic heterocycles. The monoisotopic (exact) mass is 1660 g/mol. The first-order chi connectivity index (χ1) is 58.7. The molecule has 8 atom stereocenters. The van der Waals surface area contributed by atoms with Crippen LogP contribution in [0.5, 0.6) is 0 Å². The van der Waals surface area contributed by atoms with Crippen LogP contribution in [0.15, 0.2) is 96.6 Å². The number of rotatable bonds is 22. The summed E-state index contributed by atoms with van der Waals surface area (Å²) in [4.78, 5) is 144. The van der Waals surface area contributed by atoms with Crippen molar-refractivity contribution in [2.75, 3.05) is 54.6 Å². The second-order valence-electron chi connectivity index (χ2n) is 34.7. The van der Waals surface area contributed by atoms with Gasteiger partial charge in [-0.3, -0.25) is 19.2 Å². The van der Waals surface area contributed by atoms with Gasteiger partial charge in [-0.2, -0.15) is 0 Å². The molecule has 640 valence electrons. The van der Waals surface area contributed by atoms with Gasteiger partial charge in [0.2, 0.25) is 23.6 Å². The Morgan fingerprint density at radius 2 is 0.607 bits per heavy atom. The number of amides is 8. The average Bonchev–Trinajstić information content (AvgIpc) is 1.48. The van der Waals surface area contributed by atoms with E-state index in [1.54, 1.807) is 0 Å². The normalized spacial score (nSPS) is 18.9. The first-order valence-corrected chi connectivity index (χ1v) is 42.9. The Kier molecular flexibility index (Phi) is 24.8. The SMILES string of the molecule is COC(=O)N[C@H](C(=O)N1CCC[C@H]1c1ncc(-c2ccc(-c3ccc(-c4cnc([C@@H]5CCCN5C(=O)[C@@H](NC(=O)OC)C(C)C)[nH]4)c4c3C=C(C)C4)c3c2C=C(C)C3)[nH]1)C(C)C.COC(=O)N[C@H](C(=O)N1CCC[C@H]1c1ncc(-c2ccc(-c3ccc(-c4cnc([C@@H]5CCCN5C(=O)[C@@H](NC(=O)OC)C(C)C)[nH]4)c4c3C=CC4)c3c2C=CC3)[nH]1)C(C)C. The molecule has 8 N–H and O–H groups in total. The molecule has 28 nitrogen and oxygen atoms in total. The number of ether oxygens (including phenoxy) is 4.